The summed E-state index contributed by atoms with van der Waals surface area (Å²) in [4.78, 5) is 38.4. The van der Waals surface area contributed by atoms with Crippen molar-refractivity contribution in [1.29, 1.82) is 0 Å². The van der Waals surface area contributed by atoms with Gasteiger partial charge in [-0.2, -0.15) is 0 Å². The second-order valence-corrected chi connectivity index (χ2v) is 14.6. The zero-order valence-electron chi connectivity index (χ0n) is 17.1. The van der Waals surface area contributed by atoms with Crippen LogP contribution in [0.1, 0.15) is 20.8 Å². The third-order valence-corrected chi connectivity index (χ3v) is 5.75. The van der Waals surface area contributed by atoms with Gasteiger partial charge in [0, 0.05) is 27.8 Å². The number of nitrogens with zero attached hydrogens (tertiary/aromatic N) is 1. The minimum absolute atomic E-state index is 0.0220. The van der Waals surface area contributed by atoms with Crippen molar-refractivity contribution < 1.29 is 28.6 Å². The molecule has 2 atom stereocenters. The normalized spacial score (nSPS) is 21.5. The van der Waals surface area contributed by atoms with Gasteiger partial charge >= 0.3 is 12.1 Å². The predicted molar refractivity (Wildman–Crippen MR) is 101 cm³/mol. The molecule has 1 aliphatic heterocycles. The highest BCUT2D eigenvalue weighted by Gasteiger charge is 2.42. The molecule has 0 aromatic rings. The lowest BCUT2D eigenvalue weighted by Gasteiger charge is -2.36. The van der Waals surface area contributed by atoms with E-state index in [4.69, 9.17) is 14.2 Å². The summed E-state index contributed by atoms with van der Waals surface area (Å²) in [5.41, 5.74) is -0.650. The van der Waals surface area contributed by atoms with Gasteiger partial charge in [0.1, 0.15) is 11.5 Å². The van der Waals surface area contributed by atoms with E-state index >= 15 is 0 Å². The zero-order valence-corrected chi connectivity index (χ0v) is 18.1. The molecule has 1 aliphatic rings. The lowest BCUT2D eigenvalue weighted by atomic mass is 9.88. The van der Waals surface area contributed by atoms with Gasteiger partial charge < -0.3 is 19.1 Å². The van der Waals surface area contributed by atoms with Crippen molar-refractivity contribution in [3.63, 3.8) is 0 Å². The van der Waals surface area contributed by atoms with E-state index in [9.17, 15) is 14.4 Å². The van der Waals surface area contributed by atoms with Crippen LogP contribution >= 0.6 is 0 Å². The third kappa shape index (κ3) is 7.45. The molecule has 150 valence electrons. The Balaban J connectivity index is 2.78. The molecule has 0 N–H and O–H groups in total. The van der Waals surface area contributed by atoms with E-state index in [1.54, 1.807) is 20.8 Å². The summed E-state index contributed by atoms with van der Waals surface area (Å²) in [7, 11) is 0.0127. The summed E-state index contributed by atoms with van der Waals surface area (Å²) in [5.74, 6) is -2.41. The first-order chi connectivity index (χ1) is 11.8. The van der Waals surface area contributed by atoms with Gasteiger partial charge in [0.2, 0.25) is 0 Å². The molecule has 0 bridgehead atoms. The van der Waals surface area contributed by atoms with Gasteiger partial charge in [0.25, 0.3) is 0 Å². The number of ether oxygens (including phenoxy) is 3. The summed E-state index contributed by atoms with van der Waals surface area (Å²) < 4.78 is 15.8. The van der Waals surface area contributed by atoms with Crippen LogP contribution < -0.4 is 0 Å². The lowest BCUT2D eigenvalue weighted by molar-refractivity contribution is -0.154. The second-order valence-electron chi connectivity index (χ2n) is 8.95. The minimum Gasteiger partial charge on any atom is -0.468 e. The van der Waals surface area contributed by atoms with Crippen molar-refractivity contribution in [2.24, 2.45) is 11.8 Å². The maximum absolute atomic E-state index is 12.6. The molecule has 0 aliphatic carbocycles. The monoisotopic (exact) mass is 387 g/mol. The fourth-order valence-corrected chi connectivity index (χ4v) is 3.33. The van der Waals surface area contributed by atoms with Crippen molar-refractivity contribution in [3.05, 3.63) is 0 Å². The van der Waals surface area contributed by atoms with Crippen molar-refractivity contribution >= 4 is 25.9 Å². The number of carbonyl (C=O) groups is 3. The Morgan fingerprint density at radius 2 is 1.81 bits per heavy atom. The van der Waals surface area contributed by atoms with Crippen molar-refractivity contribution in [3.8, 4) is 0 Å². The van der Waals surface area contributed by atoms with E-state index in [0.717, 1.165) is 6.04 Å². The summed E-state index contributed by atoms with van der Waals surface area (Å²) in [6.07, 6.45) is -0.536. The average Bonchev–Trinajstić information content (AvgIpc) is 2.49. The van der Waals surface area contributed by atoms with Gasteiger partial charge in [-0.15, -0.1) is 0 Å². The number of piperidine rings is 1. The van der Waals surface area contributed by atoms with E-state index in [1.807, 2.05) is 0 Å². The first-order valence-corrected chi connectivity index (χ1v) is 12.7. The van der Waals surface area contributed by atoms with Crippen LogP contribution in [0.2, 0.25) is 25.7 Å². The Morgan fingerprint density at radius 1 is 1.19 bits per heavy atom. The van der Waals surface area contributed by atoms with Crippen LogP contribution in [0.25, 0.3) is 0 Å². The molecule has 8 heteroatoms. The van der Waals surface area contributed by atoms with Crippen LogP contribution in [-0.4, -0.2) is 69.8 Å². The van der Waals surface area contributed by atoms with E-state index < -0.39 is 37.6 Å². The molecule has 0 aromatic carbocycles. The van der Waals surface area contributed by atoms with Gasteiger partial charge in [-0.1, -0.05) is 19.6 Å². The standard InChI is InChI=1S/C18H33NO6Si/c1-18(2,3)25-17(22)19-10-13(12-24-8-9-26(5,6)7)15(20)14(11-19)16(21)23-4/h13-14H,8-12H2,1-7H3. The molecular weight excluding hydrogens is 354 g/mol. The molecule has 1 amide bonds. The second kappa shape index (κ2) is 8.99. The highest BCUT2D eigenvalue weighted by atomic mass is 28.3. The zero-order chi connectivity index (χ0) is 20.1. The van der Waals surface area contributed by atoms with Gasteiger partial charge in [-0.25, -0.2) is 4.79 Å². The molecule has 1 fully saturated rings. The summed E-state index contributed by atoms with van der Waals surface area (Å²) >= 11 is 0. The number of likely N-dealkylation sites (tertiary alicyclic amines) is 1. The highest BCUT2D eigenvalue weighted by Crippen LogP contribution is 2.22. The molecular formula is C18H33NO6Si. The molecule has 1 saturated heterocycles. The Labute approximate surface area is 157 Å². The highest BCUT2D eigenvalue weighted by molar-refractivity contribution is 6.76. The number of rotatable bonds is 6. The van der Waals surface area contributed by atoms with Gasteiger partial charge in [0.15, 0.2) is 5.78 Å². The van der Waals surface area contributed by atoms with Crippen LogP contribution in [0.15, 0.2) is 0 Å². The fraction of sp³-hybridized carbons (Fsp3) is 0.833. The summed E-state index contributed by atoms with van der Waals surface area (Å²) in [5, 5.41) is 0. The Hall–Kier alpha value is -1.41. The number of carbonyl (C=O) groups excluding carboxylic acids is 3. The van der Waals surface area contributed by atoms with Crippen LogP contribution in [0.4, 0.5) is 4.79 Å². The van der Waals surface area contributed by atoms with Crippen LogP contribution in [0.5, 0.6) is 0 Å². The number of methoxy groups -OCH3 is 1. The Bertz CT molecular complexity index is 523. The topological polar surface area (TPSA) is 82.1 Å². The number of ketones is 1. The quantitative estimate of drug-likeness (QED) is 0.301. The summed E-state index contributed by atoms with van der Waals surface area (Å²) in [6.45, 7) is 13.0. The Kier molecular flexibility index (Phi) is 7.82. The number of hydrogen-bond acceptors (Lipinski definition) is 6. The largest absolute Gasteiger partial charge is 0.468 e. The van der Waals surface area contributed by atoms with E-state index in [2.05, 4.69) is 19.6 Å². The summed E-state index contributed by atoms with van der Waals surface area (Å²) in [6, 6.07) is 0.990. The smallest absolute Gasteiger partial charge is 0.410 e. The molecule has 1 heterocycles. The number of Topliss-reactive ketones (excluding diaryl/α,β-unsaturated/α-hetero) is 1. The molecule has 0 spiro atoms. The maximum atomic E-state index is 12.6. The molecule has 0 aromatic heterocycles. The number of esters is 1. The van der Waals surface area contributed by atoms with Crippen molar-refractivity contribution in [2.45, 2.75) is 52.1 Å². The fourth-order valence-electron chi connectivity index (χ4n) is 2.57. The van der Waals surface area contributed by atoms with Gasteiger partial charge in [0.05, 0.1) is 19.6 Å². The van der Waals surface area contributed by atoms with Crippen molar-refractivity contribution in [1.82, 2.24) is 4.90 Å². The van der Waals surface area contributed by atoms with E-state index in [-0.39, 0.29) is 25.5 Å². The first kappa shape index (κ1) is 22.6. The Morgan fingerprint density at radius 3 is 2.31 bits per heavy atom. The molecule has 7 nitrogen and oxygen atoms in total. The molecule has 1 rings (SSSR count). The maximum Gasteiger partial charge on any atom is 0.410 e. The lowest BCUT2D eigenvalue weighted by Crippen LogP contribution is -2.54. The number of hydrogen-bond donors (Lipinski definition) is 0. The van der Waals surface area contributed by atoms with Crippen LogP contribution in [0.3, 0.4) is 0 Å². The SMILES string of the molecule is COC(=O)C1CN(C(=O)OC(C)(C)C)CC(COCC[Si](C)(C)C)C1=O. The van der Waals surface area contributed by atoms with Gasteiger partial charge in [-0.05, 0) is 26.8 Å². The van der Waals surface area contributed by atoms with Crippen LogP contribution in [0, 0.1) is 11.8 Å². The van der Waals surface area contributed by atoms with Crippen LogP contribution in [-0.2, 0) is 23.8 Å². The molecule has 26 heavy (non-hydrogen) atoms. The average molecular weight is 388 g/mol. The first-order valence-electron chi connectivity index (χ1n) is 9.01. The van der Waals surface area contributed by atoms with Crippen molar-refractivity contribution in [2.75, 3.05) is 33.4 Å². The predicted octanol–water partition coefficient (Wildman–Crippen LogP) is 2.57. The minimum atomic E-state index is -1.22. The third-order valence-electron chi connectivity index (χ3n) is 4.04. The molecule has 2 unspecified atom stereocenters. The molecule has 0 saturated carbocycles. The van der Waals surface area contributed by atoms with E-state index in [0.29, 0.717) is 6.61 Å². The van der Waals surface area contributed by atoms with E-state index in [1.165, 1.54) is 12.0 Å². The molecule has 0 radical (unpaired) electrons. The number of amides is 1. The van der Waals surface area contributed by atoms with Gasteiger partial charge in [-0.3, -0.25) is 9.59 Å².